The van der Waals surface area contributed by atoms with Gasteiger partial charge in [-0.2, -0.15) is 0 Å². The van der Waals surface area contributed by atoms with Gasteiger partial charge in [0.25, 0.3) is 5.56 Å². The highest BCUT2D eigenvalue weighted by molar-refractivity contribution is 7.89. The number of hydrogen-bond acceptors (Lipinski definition) is 4. The summed E-state index contributed by atoms with van der Waals surface area (Å²) < 4.78 is 25.4. The summed E-state index contributed by atoms with van der Waals surface area (Å²) in [7, 11) is -1.42. The maximum absolute atomic E-state index is 12.8. The minimum Gasteiger partial charge on any atom is -0.378 e. The first-order valence-corrected chi connectivity index (χ1v) is 12.7. The molecular formula is C25H25N3O3S. The summed E-state index contributed by atoms with van der Waals surface area (Å²) in [6.07, 6.45) is 6.78. The molecule has 2 aromatic carbocycles. The van der Waals surface area contributed by atoms with E-state index in [2.05, 4.69) is 22.4 Å². The zero-order valence-electron chi connectivity index (χ0n) is 18.1. The molecule has 0 fully saturated rings. The van der Waals surface area contributed by atoms with E-state index >= 15 is 0 Å². The molecule has 5 rings (SSSR count). The molecule has 7 heteroatoms. The molecule has 0 spiro atoms. The summed E-state index contributed by atoms with van der Waals surface area (Å²) in [4.78, 5) is 16.0. The van der Waals surface area contributed by atoms with Gasteiger partial charge in [-0.15, -0.1) is 0 Å². The van der Waals surface area contributed by atoms with Gasteiger partial charge in [-0.3, -0.25) is 4.79 Å². The highest BCUT2D eigenvalue weighted by atomic mass is 32.2. The molecule has 4 aromatic rings. The summed E-state index contributed by atoms with van der Waals surface area (Å²) in [5.74, 6) is -0.0212. The van der Waals surface area contributed by atoms with Crippen LogP contribution in [-0.2, 0) is 29.1 Å². The van der Waals surface area contributed by atoms with E-state index in [-0.39, 0.29) is 17.4 Å². The molecule has 0 saturated carbocycles. The molecule has 6 nitrogen and oxygen atoms in total. The van der Waals surface area contributed by atoms with Crippen molar-refractivity contribution in [3.63, 3.8) is 0 Å². The van der Waals surface area contributed by atoms with E-state index in [1.54, 1.807) is 11.6 Å². The number of rotatable bonds is 5. The van der Waals surface area contributed by atoms with Crippen LogP contribution in [0.2, 0.25) is 0 Å². The van der Waals surface area contributed by atoms with E-state index in [0.29, 0.717) is 5.52 Å². The Morgan fingerprint density at radius 3 is 2.56 bits per heavy atom. The number of aryl methyl sites for hydroxylation is 2. The van der Waals surface area contributed by atoms with Crippen molar-refractivity contribution in [2.24, 2.45) is 7.05 Å². The largest absolute Gasteiger partial charge is 0.378 e. The second kappa shape index (κ2) is 7.67. The van der Waals surface area contributed by atoms with Crippen LogP contribution in [0.1, 0.15) is 29.2 Å². The van der Waals surface area contributed by atoms with Crippen molar-refractivity contribution in [2.45, 2.75) is 24.6 Å². The SMILES string of the molecule is Cn1cc2c3c(c[nH]c3c1=O)C(CCc1ccccc1)Nc1ccc(CS(C)(=O)=O)cc1-2. The first kappa shape index (κ1) is 20.6. The number of aromatic nitrogens is 2. The van der Waals surface area contributed by atoms with Crippen LogP contribution in [0.15, 0.2) is 65.7 Å². The van der Waals surface area contributed by atoms with Crippen molar-refractivity contribution in [2.75, 3.05) is 11.6 Å². The van der Waals surface area contributed by atoms with Crippen molar-refractivity contribution < 1.29 is 8.42 Å². The van der Waals surface area contributed by atoms with Crippen molar-refractivity contribution in [3.8, 4) is 11.1 Å². The fourth-order valence-corrected chi connectivity index (χ4v) is 5.44. The van der Waals surface area contributed by atoms with E-state index in [0.717, 1.165) is 46.2 Å². The average molecular weight is 448 g/mol. The van der Waals surface area contributed by atoms with E-state index in [4.69, 9.17) is 0 Å². The minimum atomic E-state index is -3.16. The number of anilines is 1. The lowest BCUT2D eigenvalue weighted by molar-refractivity contribution is 0.601. The molecule has 0 bridgehead atoms. The summed E-state index contributed by atoms with van der Waals surface area (Å²) in [5, 5.41) is 4.58. The Kier molecular flexibility index (Phi) is 4.93. The number of benzene rings is 2. The Hall–Kier alpha value is -3.32. The number of H-pyrrole nitrogens is 1. The molecule has 1 unspecified atom stereocenters. The molecule has 0 aliphatic carbocycles. The van der Waals surface area contributed by atoms with Crippen LogP contribution in [0.4, 0.5) is 5.69 Å². The van der Waals surface area contributed by atoms with Crippen molar-refractivity contribution >= 4 is 26.4 Å². The monoisotopic (exact) mass is 447 g/mol. The molecule has 164 valence electrons. The molecule has 2 aromatic heterocycles. The first-order valence-electron chi connectivity index (χ1n) is 10.6. The van der Waals surface area contributed by atoms with Crippen LogP contribution in [0.25, 0.3) is 22.0 Å². The fourth-order valence-electron chi connectivity index (χ4n) is 4.65. The average Bonchev–Trinajstić information content (AvgIpc) is 3.14. The van der Waals surface area contributed by atoms with Crippen LogP contribution < -0.4 is 10.9 Å². The van der Waals surface area contributed by atoms with Gasteiger partial charge in [0.15, 0.2) is 9.84 Å². The van der Waals surface area contributed by atoms with E-state index in [9.17, 15) is 13.2 Å². The number of pyridine rings is 1. The standard InChI is InChI=1S/C25H25N3O3S/c1-28-14-20-18-12-17(15-32(2,30)31)9-11-21(18)27-22(10-8-16-6-4-3-5-7-16)19-13-26-24(23(19)20)25(28)29/h3-7,9,11-14,22,26-27H,8,10,15H2,1-2H3. The quantitative estimate of drug-likeness (QED) is 0.481. The second-order valence-electron chi connectivity index (χ2n) is 8.62. The third-order valence-corrected chi connectivity index (χ3v) is 6.97. The molecule has 3 heterocycles. The Bertz CT molecular complexity index is 1480. The number of hydrogen-bond donors (Lipinski definition) is 2. The summed E-state index contributed by atoms with van der Waals surface area (Å²) in [5.41, 5.74) is 6.34. The van der Waals surface area contributed by atoms with Gasteiger partial charge in [0.1, 0.15) is 5.52 Å². The van der Waals surface area contributed by atoms with Crippen LogP contribution in [0.3, 0.4) is 0 Å². The maximum Gasteiger partial charge on any atom is 0.274 e. The lowest BCUT2D eigenvalue weighted by Crippen LogP contribution is -2.16. The zero-order chi connectivity index (χ0) is 22.5. The maximum atomic E-state index is 12.8. The Balaban J connectivity index is 1.66. The van der Waals surface area contributed by atoms with Gasteiger partial charge < -0.3 is 14.9 Å². The zero-order valence-corrected chi connectivity index (χ0v) is 18.9. The molecule has 0 saturated heterocycles. The molecule has 1 aliphatic heterocycles. The molecule has 2 N–H and O–H groups in total. The number of sulfone groups is 1. The van der Waals surface area contributed by atoms with E-state index < -0.39 is 9.84 Å². The predicted octanol–water partition coefficient (Wildman–Crippen LogP) is 4.18. The Morgan fingerprint density at radius 2 is 1.81 bits per heavy atom. The highest BCUT2D eigenvalue weighted by Crippen LogP contribution is 2.43. The van der Waals surface area contributed by atoms with Gasteiger partial charge in [0.05, 0.1) is 11.8 Å². The Morgan fingerprint density at radius 1 is 1.03 bits per heavy atom. The topological polar surface area (TPSA) is 84.0 Å². The van der Waals surface area contributed by atoms with Crippen molar-refractivity contribution in [1.82, 2.24) is 9.55 Å². The van der Waals surface area contributed by atoms with Crippen LogP contribution in [-0.4, -0.2) is 24.2 Å². The molecule has 1 atom stereocenters. The smallest absolute Gasteiger partial charge is 0.274 e. The number of aromatic amines is 1. The van der Waals surface area contributed by atoms with Gasteiger partial charge in [0, 0.05) is 53.5 Å². The minimum absolute atomic E-state index is 0.0109. The third kappa shape index (κ3) is 3.73. The fraction of sp³-hybridized carbons (Fsp3) is 0.240. The van der Waals surface area contributed by atoms with E-state index in [1.165, 1.54) is 11.8 Å². The first-order chi connectivity index (χ1) is 15.3. The van der Waals surface area contributed by atoms with Gasteiger partial charge in [0.2, 0.25) is 0 Å². The van der Waals surface area contributed by atoms with E-state index in [1.807, 2.05) is 48.8 Å². The lowest BCUT2D eigenvalue weighted by Gasteiger charge is -2.19. The molecule has 1 aliphatic rings. The predicted molar refractivity (Wildman–Crippen MR) is 129 cm³/mol. The Labute approximate surface area is 186 Å². The summed E-state index contributed by atoms with van der Waals surface area (Å²) in [6.45, 7) is 0. The van der Waals surface area contributed by atoms with Crippen molar-refractivity contribution in [1.29, 1.82) is 0 Å². The summed E-state index contributed by atoms with van der Waals surface area (Å²) >= 11 is 0. The molecule has 32 heavy (non-hydrogen) atoms. The molecule has 0 radical (unpaired) electrons. The van der Waals surface area contributed by atoms with Gasteiger partial charge in [-0.05, 0) is 36.1 Å². The normalized spacial score (nSPS) is 15.2. The van der Waals surface area contributed by atoms with Crippen LogP contribution in [0, 0.1) is 0 Å². The van der Waals surface area contributed by atoms with Gasteiger partial charge in [-0.25, -0.2) is 8.42 Å². The number of nitrogens with one attached hydrogen (secondary N) is 2. The summed E-state index contributed by atoms with van der Waals surface area (Å²) in [6, 6.07) is 16.1. The number of nitrogens with zero attached hydrogens (tertiary/aromatic N) is 1. The molecule has 0 amide bonds. The highest BCUT2D eigenvalue weighted by Gasteiger charge is 2.26. The second-order valence-corrected chi connectivity index (χ2v) is 10.8. The molecular weight excluding hydrogens is 422 g/mol. The van der Waals surface area contributed by atoms with Crippen LogP contribution >= 0.6 is 0 Å². The lowest BCUT2D eigenvalue weighted by atomic mass is 9.96. The number of fused-ring (bicyclic) bond motifs is 2. The van der Waals surface area contributed by atoms with Crippen LogP contribution in [0.5, 0.6) is 0 Å². The van der Waals surface area contributed by atoms with Crippen molar-refractivity contribution in [3.05, 3.63) is 88.0 Å². The van der Waals surface area contributed by atoms with Gasteiger partial charge in [-0.1, -0.05) is 36.4 Å². The van der Waals surface area contributed by atoms with Gasteiger partial charge >= 0.3 is 0 Å². The third-order valence-electron chi connectivity index (χ3n) is 6.11.